The summed E-state index contributed by atoms with van der Waals surface area (Å²) in [7, 11) is -0.870. The lowest BCUT2D eigenvalue weighted by Gasteiger charge is -2.12. The first-order valence-electron chi connectivity index (χ1n) is 9.86. The zero-order chi connectivity index (χ0) is 23.8. The summed E-state index contributed by atoms with van der Waals surface area (Å²) in [5, 5.41) is 5.40. The van der Waals surface area contributed by atoms with Gasteiger partial charge in [0.2, 0.25) is 10.0 Å². The number of hydrazine groups is 1. The van der Waals surface area contributed by atoms with Crippen LogP contribution in [-0.4, -0.2) is 48.4 Å². The molecule has 0 atom stereocenters. The lowest BCUT2D eigenvalue weighted by Crippen LogP contribution is -2.41. The van der Waals surface area contributed by atoms with E-state index in [0.717, 1.165) is 25.9 Å². The Bertz CT molecular complexity index is 1460. The highest BCUT2D eigenvalue weighted by Crippen LogP contribution is 2.30. The van der Waals surface area contributed by atoms with Gasteiger partial charge in [0, 0.05) is 25.0 Å². The van der Waals surface area contributed by atoms with Gasteiger partial charge in [-0.05, 0) is 43.3 Å². The highest BCUT2D eigenvalue weighted by Gasteiger charge is 2.20. The van der Waals surface area contributed by atoms with Crippen molar-refractivity contribution in [3.63, 3.8) is 0 Å². The molecule has 0 unspecified atom stereocenters. The number of carbonyl (C=O) groups excluding carboxylic acids is 2. The van der Waals surface area contributed by atoms with Gasteiger partial charge in [-0.2, -0.15) is 5.10 Å². The molecule has 0 spiro atoms. The van der Waals surface area contributed by atoms with Crippen molar-refractivity contribution in [3.8, 4) is 5.69 Å². The largest absolute Gasteiger partial charge is 0.279 e. The second-order valence-electron chi connectivity index (χ2n) is 7.39. The molecule has 0 aliphatic rings. The van der Waals surface area contributed by atoms with Crippen molar-refractivity contribution in [2.75, 3.05) is 14.1 Å². The molecule has 170 valence electrons. The van der Waals surface area contributed by atoms with Crippen LogP contribution in [0, 0.1) is 6.92 Å². The minimum atomic E-state index is -3.69. The van der Waals surface area contributed by atoms with Gasteiger partial charge in [0.05, 0.1) is 21.2 Å². The maximum absolute atomic E-state index is 12.7. The van der Waals surface area contributed by atoms with E-state index >= 15 is 0 Å². The quantitative estimate of drug-likeness (QED) is 0.424. The lowest BCUT2D eigenvalue weighted by molar-refractivity contribution is 0.0849. The minimum Gasteiger partial charge on any atom is -0.267 e. The molecular weight excluding hydrogens is 462 g/mol. The number of benzene rings is 2. The van der Waals surface area contributed by atoms with Crippen molar-refractivity contribution in [2.45, 2.75) is 11.8 Å². The van der Waals surface area contributed by atoms with Crippen LogP contribution in [0.3, 0.4) is 0 Å². The van der Waals surface area contributed by atoms with E-state index in [-0.39, 0.29) is 10.5 Å². The Kier molecular flexibility index (Phi) is 6.02. The van der Waals surface area contributed by atoms with Gasteiger partial charge >= 0.3 is 0 Å². The van der Waals surface area contributed by atoms with E-state index in [4.69, 9.17) is 0 Å². The third-order valence-electron chi connectivity index (χ3n) is 4.93. The van der Waals surface area contributed by atoms with Crippen LogP contribution in [0.1, 0.15) is 25.7 Å². The average molecular weight is 484 g/mol. The van der Waals surface area contributed by atoms with Gasteiger partial charge in [-0.15, -0.1) is 11.3 Å². The fraction of sp³-hybridized carbons (Fsp3) is 0.136. The molecular formula is C22H21N5O4S2. The number of sulfonamides is 1. The van der Waals surface area contributed by atoms with Crippen LogP contribution in [0.2, 0.25) is 0 Å². The first-order valence-corrected chi connectivity index (χ1v) is 12.1. The Labute approximate surface area is 194 Å². The van der Waals surface area contributed by atoms with Crippen molar-refractivity contribution in [2.24, 2.45) is 0 Å². The molecule has 2 aromatic heterocycles. The van der Waals surface area contributed by atoms with Gasteiger partial charge in [0.15, 0.2) is 0 Å². The van der Waals surface area contributed by atoms with E-state index in [0.29, 0.717) is 4.88 Å². The number of aromatic nitrogens is 2. The van der Waals surface area contributed by atoms with Crippen LogP contribution in [0.15, 0.2) is 65.6 Å². The molecule has 11 heteroatoms. The fourth-order valence-corrected chi connectivity index (χ4v) is 5.19. The number of hydrogen-bond donors (Lipinski definition) is 2. The molecule has 2 heterocycles. The highest BCUT2D eigenvalue weighted by molar-refractivity contribution is 7.89. The van der Waals surface area contributed by atoms with Crippen LogP contribution >= 0.6 is 11.3 Å². The van der Waals surface area contributed by atoms with Crippen LogP contribution < -0.4 is 10.9 Å². The molecule has 0 saturated heterocycles. The summed E-state index contributed by atoms with van der Waals surface area (Å²) in [4.78, 5) is 26.4. The Hall–Kier alpha value is -3.54. The molecule has 2 aromatic carbocycles. The molecule has 4 rings (SSSR count). The van der Waals surface area contributed by atoms with Gasteiger partial charge in [-0.3, -0.25) is 20.4 Å². The van der Waals surface area contributed by atoms with E-state index in [1.807, 2.05) is 37.3 Å². The predicted octanol–water partition coefficient (Wildman–Crippen LogP) is 2.72. The van der Waals surface area contributed by atoms with Crippen molar-refractivity contribution in [1.82, 2.24) is 24.9 Å². The van der Waals surface area contributed by atoms with E-state index in [1.54, 1.807) is 10.7 Å². The summed E-state index contributed by atoms with van der Waals surface area (Å²) in [6, 6.07) is 16.9. The average Bonchev–Trinajstić information content (AvgIpc) is 3.38. The fourth-order valence-electron chi connectivity index (χ4n) is 3.16. The summed E-state index contributed by atoms with van der Waals surface area (Å²) < 4.78 is 27.4. The number of amides is 2. The number of thiophene rings is 1. The topological polar surface area (TPSA) is 113 Å². The monoisotopic (exact) mass is 483 g/mol. The molecule has 0 aliphatic carbocycles. The molecule has 0 aliphatic heterocycles. The van der Waals surface area contributed by atoms with Gasteiger partial charge in [0.25, 0.3) is 11.8 Å². The second kappa shape index (κ2) is 8.77. The van der Waals surface area contributed by atoms with Gasteiger partial charge < -0.3 is 0 Å². The van der Waals surface area contributed by atoms with E-state index in [2.05, 4.69) is 16.0 Å². The van der Waals surface area contributed by atoms with E-state index in [9.17, 15) is 18.0 Å². The molecule has 33 heavy (non-hydrogen) atoms. The number of rotatable bonds is 5. The molecule has 2 amide bonds. The summed E-state index contributed by atoms with van der Waals surface area (Å²) >= 11 is 1.26. The van der Waals surface area contributed by atoms with Crippen LogP contribution in [-0.2, 0) is 10.0 Å². The Morgan fingerprint density at radius 2 is 1.67 bits per heavy atom. The third kappa shape index (κ3) is 4.38. The maximum atomic E-state index is 12.7. The smallest absolute Gasteiger partial charge is 0.267 e. The molecule has 9 nitrogen and oxygen atoms in total. The van der Waals surface area contributed by atoms with Crippen molar-refractivity contribution >= 4 is 43.4 Å². The minimum absolute atomic E-state index is 0.0167. The van der Waals surface area contributed by atoms with E-state index < -0.39 is 21.8 Å². The highest BCUT2D eigenvalue weighted by atomic mass is 32.2. The predicted molar refractivity (Wildman–Crippen MR) is 126 cm³/mol. The van der Waals surface area contributed by atoms with Gasteiger partial charge in [-0.25, -0.2) is 17.4 Å². The zero-order valence-corrected chi connectivity index (χ0v) is 19.7. The Morgan fingerprint density at radius 1 is 0.970 bits per heavy atom. The number of nitrogens with one attached hydrogen (secondary N) is 2. The summed E-state index contributed by atoms with van der Waals surface area (Å²) in [5.74, 6) is -1.12. The molecule has 4 aromatic rings. The van der Waals surface area contributed by atoms with Gasteiger partial charge in [-0.1, -0.05) is 24.3 Å². The van der Waals surface area contributed by atoms with Crippen molar-refractivity contribution in [1.29, 1.82) is 0 Å². The second-order valence-corrected chi connectivity index (χ2v) is 10.6. The number of fused-ring (bicyclic) bond motifs is 1. The number of nitrogens with zero attached hydrogens (tertiary/aromatic N) is 3. The standard InChI is InChI=1S/C22H21N5O4S2/c1-14-18-13-19(32-22(18)27(25-14)16-9-5-4-6-10-16)21(29)24-23-20(28)15-8-7-11-17(12-15)33(30,31)26(2)3/h4-13H,1-3H3,(H,23,28)(H,24,29). The molecule has 0 radical (unpaired) electrons. The number of hydrogen-bond acceptors (Lipinski definition) is 6. The maximum Gasteiger partial charge on any atom is 0.279 e. The molecule has 0 fully saturated rings. The third-order valence-corrected chi connectivity index (χ3v) is 7.85. The summed E-state index contributed by atoms with van der Waals surface area (Å²) in [5.41, 5.74) is 6.50. The molecule has 2 N–H and O–H groups in total. The van der Waals surface area contributed by atoms with Crippen LogP contribution in [0.5, 0.6) is 0 Å². The first-order chi connectivity index (χ1) is 15.7. The molecule has 0 saturated carbocycles. The van der Waals surface area contributed by atoms with Crippen molar-refractivity contribution < 1.29 is 18.0 Å². The van der Waals surface area contributed by atoms with Crippen molar-refractivity contribution in [3.05, 3.63) is 76.8 Å². The first kappa shape index (κ1) is 22.6. The summed E-state index contributed by atoms with van der Waals surface area (Å²) in [6.45, 7) is 1.87. The van der Waals surface area contributed by atoms with Crippen LogP contribution in [0.25, 0.3) is 15.9 Å². The SMILES string of the molecule is Cc1nn(-c2ccccc2)c2sc(C(=O)NNC(=O)c3cccc(S(=O)(=O)N(C)C)c3)cc12. The number of para-hydroxylation sites is 1. The summed E-state index contributed by atoms with van der Waals surface area (Å²) in [6.07, 6.45) is 0. The lowest BCUT2D eigenvalue weighted by atomic mass is 10.2. The molecule has 0 bridgehead atoms. The Morgan fingerprint density at radius 3 is 2.36 bits per heavy atom. The van der Waals surface area contributed by atoms with E-state index in [1.165, 1.54) is 49.7 Å². The number of aryl methyl sites for hydroxylation is 1. The van der Waals surface area contributed by atoms with Crippen LogP contribution in [0.4, 0.5) is 0 Å². The Balaban J connectivity index is 1.51. The van der Waals surface area contributed by atoms with Gasteiger partial charge in [0.1, 0.15) is 4.83 Å². The number of carbonyl (C=O) groups is 2. The normalized spacial score (nSPS) is 11.6. The zero-order valence-electron chi connectivity index (χ0n) is 18.1.